The molecule has 1 heterocycles. The summed E-state index contributed by atoms with van der Waals surface area (Å²) in [6.45, 7) is 20.6. The lowest BCUT2D eigenvalue weighted by atomic mass is 10.1. The van der Waals surface area contributed by atoms with E-state index >= 15 is 0 Å². The van der Waals surface area contributed by atoms with Gasteiger partial charge in [0.05, 0.1) is 34.1 Å². The van der Waals surface area contributed by atoms with Crippen LogP contribution in [0.1, 0.15) is 89.9 Å². The smallest absolute Gasteiger partial charge is 0.266 e. The molecule has 252 valence electrons. The molecule has 3 aromatic rings. The van der Waals surface area contributed by atoms with Crippen molar-refractivity contribution < 1.29 is 22.8 Å². The van der Waals surface area contributed by atoms with Crippen molar-refractivity contribution >= 4 is 28.3 Å². The van der Waals surface area contributed by atoms with Crippen LogP contribution in [0.4, 0.5) is 14.5 Å². The number of nitrogens with zero attached hydrogens (tertiary/aromatic N) is 2. The first-order valence-electron chi connectivity index (χ1n) is 15.4. The van der Waals surface area contributed by atoms with Crippen LogP contribution >= 0.6 is 11.8 Å². The third-order valence-electron chi connectivity index (χ3n) is 5.99. The standard InChI is InChI=1S/C30H36F2N6O3S.2C2H6/c1-6-7-8-9-10-14-34-19(3)35-20(4)42-27(18(2)33)30-37-28(38-41-30)23-16-26(25(32)17-24(23)31)36-29(39)21-12-11-13-22(15-21)40-5;2*1-2/h11-13,15-17,34-35H,3-4,6-10,14,33H2,1-2,5H3,(H,36,39);2*1-2H3/b27-18+;;. The van der Waals surface area contributed by atoms with Crippen molar-refractivity contribution in [3.05, 3.63) is 89.2 Å². The highest BCUT2D eigenvalue weighted by Gasteiger charge is 2.21. The van der Waals surface area contributed by atoms with Crippen LogP contribution in [0.15, 0.2) is 70.6 Å². The molecule has 1 aromatic heterocycles. The predicted octanol–water partition coefficient (Wildman–Crippen LogP) is 8.80. The molecule has 0 atom stereocenters. The van der Waals surface area contributed by atoms with Crippen molar-refractivity contribution in [2.24, 2.45) is 5.73 Å². The summed E-state index contributed by atoms with van der Waals surface area (Å²) >= 11 is 1.14. The number of benzene rings is 2. The SMILES string of the molecule is C=C(NCCCCCCC)NC(=C)S/C(=C(\C)N)c1nc(-c2cc(NC(=O)c3cccc(OC)c3)c(F)cc2F)no1.CC.CC. The summed E-state index contributed by atoms with van der Waals surface area (Å²) in [6, 6.07) is 8.06. The number of ether oxygens (including phenoxy) is 1. The molecule has 1 amide bonds. The third-order valence-corrected chi connectivity index (χ3v) is 7.04. The highest BCUT2D eigenvalue weighted by Crippen LogP contribution is 2.34. The molecule has 0 bridgehead atoms. The topological polar surface area (TPSA) is 127 Å². The fourth-order valence-corrected chi connectivity index (χ4v) is 4.57. The number of carbonyl (C=O) groups is 1. The molecule has 5 N–H and O–H groups in total. The second-order valence-electron chi connectivity index (χ2n) is 9.40. The zero-order valence-electron chi connectivity index (χ0n) is 28.0. The van der Waals surface area contributed by atoms with Gasteiger partial charge in [0.15, 0.2) is 0 Å². The molecule has 0 aliphatic carbocycles. The molecular formula is C34H48F2N6O3S. The Bertz CT molecular complexity index is 1450. The molecule has 0 saturated heterocycles. The van der Waals surface area contributed by atoms with Gasteiger partial charge in [-0.1, -0.05) is 96.4 Å². The number of nitrogens with two attached hydrogens (primary N) is 1. The minimum atomic E-state index is -0.970. The molecule has 2 aromatic carbocycles. The number of aromatic nitrogens is 2. The number of anilines is 1. The van der Waals surface area contributed by atoms with Crippen LogP contribution in [0.25, 0.3) is 16.3 Å². The highest BCUT2D eigenvalue weighted by molar-refractivity contribution is 8.11. The van der Waals surface area contributed by atoms with E-state index in [0.29, 0.717) is 33.3 Å². The molecule has 0 fully saturated rings. The average molecular weight is 659 g/mol. The first-order valence-corrected chi connectivity index (χ1v) is 16.3. The van der Waals surface area contributed by atoms with Crippen molar-refractivity contribution in [3.63, 3.8) is 0 Å². The largest absolute Gasteiger partial charge is 0.497 e. The molecule has 3 rings (SSSR count). The van der Waals surface area contributed by atoms with Crippen molar-refractivity contribution in [3.8, 4) is 17.1 Å². The van der Waals surface area contributed by atoms with Crippen molar-refractivity contribution in [1.29, 1.82) is 0 Å². The van der Waals surface area contributed by atoms with Crippen LogP contribution < -0.4 is 26.4 Å². The molecule has 0 aliphatic rings. The van der Waals surface area contributed by atoms with E-state index in [2.05, 4.69) is 46.2 Å². The summed E-state index contributed by atoms with van der Waals surface area (Å²) < 4.78 is 39.9. The predicted molar refractivity (Wildman–Crippen MR) is 186 cm³/mol. The summed E-state index contributed by atoms with van der Waals surface area (Å²) in [4.78, 5) is 17.4. The molecular weight excluding hydrogens is 610 g/mol. The van der Waals surface area contributed by atoms with Gasteiger partial charge < -0.3 is 30.9 Å². The number of methoxy groups -OCH3 is 1. The van der Waals surface area contributed by atoms with Crippen LogP contribution in [0.5, 0.6) is 5.75 Å². The van der Waals surface area contributed by atoms with E-state index in [9.17, 15) is 13.6 Å². The first-order chi connectivity index (χ1) is 22.1. The number of amides is 1. The Morgan fingerprint density at radius 1 is 1.04 bits per heavy atom. The van der Waals surface area contributed by atoms with Gasteiger partial charge in [-0.15, -0.1) is 0 Å². The Morgan fingerprint density at radius 2 is 1.74 bits per heavy atom. The summed E-state index contributed by atoms with van der Waals surface area (Å²) in [7, 11) is 1.46. The number of halogens is 2. The molecule has 12 heteroatoms. The van der Waals surface area contributed by atoms with Crippen LogP contribution in [-0.4, -0.2) is 29.7 Å². The zero-order valence-corrected chi connectivity index (χ0v) is 28.8. The minimum absolute atomic E-state index is 0.0122. The number of allylic oxidation sites excluding steroid dienone is 1. The number of hydrogen-bond acceptors (Lipinski definition) is 9. The van der Waals surface area contributed by atoms with Gasteiger partial charge in [0.25, 0.3) is 11.8 Å². The van der Waals surface area contributed by atoms with Gasteiger partial charge in [0.1, 0.15) is 17.4 Å². The molecule has 0 aliphatic heterocycles. The van der Waals surface area contributed by atoms with E-state index in [1.165, 1.54) is 38.5 Å². The van der Waals surface area contributed by atoms with Crippen molar-refractivity contribution in [1.82, 2.24) is 20.8 Å². The molecule has 46 heavy (non-hydrogen) atoms. The first kappa shape index (κ1) is 39.7. The number of rotatable bonds is 16. The molecule has 0 radical (unpaired) electrons. The fourth-order valence-electron chi connectivity index (χ4n) is 3.82. The lowest BCUT2D eigenvalue weighted by Gasteiger charge is -2.14. The Hall–Kier alpha value is -4.32. The average Bonchev–Trinajstić information content (AvgIpc) is 3.54. The second kappa shape index (κ2) is 21.4. The van der Waals surface area contributed by atoms with Gasteiger partial charge in [0, 0.05) is 23.9 Å². The van der Waals surface area contributed by atoms with E-state index in [0.717, 1.165) is 37.2 Å². The Kier molecular flexibility index (Phi) is 18.5. The lowest BCUT2D eigenvalue weighted by Crippen LogP contribution is -2.24. The van der Waals surface area contributed by atoms with Gasteiger partial charge >= 0.3 is 0 Å². The molecule has 0 saturated carbocycles. The molecule has 0 unspecified atom stereocenters. The van der Waals surface area contributed by atoms with Gasteiger partial charge in [-0.2, -0.15) is 4.98 Å². The van der Waals surface area contributed by atoms with Gasteiger partial charge in [-0.05, 0) is 37.6 Å². The van der Waals surface area contributed by atoms with Crippen LogP contribution in [0, 0.1) is 11.6 Å². The van der Waals surface area contributed by atoms with E-state index < -0.39 is 17.5 Å². The zero-order chi connectivity index (χ0) is 34.6. The van der Waals surface area contributed by atoms with Gasteiger partial charge in [0.2, 0.25) is 5.82 Å². The number of carbonyl (C=O) groups excluding carboxylic acids is 1. The van der Waals surface area contributed by atoms with Crippen LogP contribution in [0.3, 0.4) is 0 Å². The second-order valence-corrected chi connectivity index (χ2v) is 10.5. The van der Waals surface area contributed by atoms with E-state index in [-0.39, 0.29) is 28.5 Å². The molecule has 0 spiro atoms. The number of thioether (sulfide) groups is 1. The van der Waals surface area contributed by atoms with Crippen molar-refractivity contribution in [2.45, 2.75) is 73.6 Å². The maximum absolute atomic E-state index is 14.8. The summed E-state index contributed by atoms with van der Waals surface area (Å²) in [5.41, 5.74) is 6.22. The monoisotopic (exact) mass is 658 g/mol. The maximum Gasteiger partial charge on any atom is 0.266 e. The number of nitrogens with one attached hydrogen (secondary N) is 3. The summed E-state index contributed by atoms with van der Waals surface area (Å²) in [5.74, 6) is -1.63. The van der Waals surface area contributed by atoms with E-state index in [1.807, 2.05) is 27.7 Å². The highest BCUT2D eigenvalue weighted by atomic mass is 32.2. The molecule has 9 nitrogen and oxygen atoms in total. The lowest BCUT2D eigenvalue weighted by molar-refractivity contribution is 0.102. The minimum Gasteiger partial charge on any atom is -0.497 e. The summed E-state index contributed by atoms with van der Waals surface area (Å²) in [6.07, 6.45) is 5.81. The van der Waals surface area contributed by atoms with Crippen LogP contribution in [0.2, 0.25) is 0 Å². The Labute approximate surface area is 276 Å². The van der Waals surface area contributed by atoms with E-state index in [4.69, 9.17) is 15.0 Å². The van der Waals surface area contributed by atoms with Gasteiger partial charge in [-0.3, -0.25) is 4.79 Å². The van der Waals surface area contributed by atoms with Crippen molar-refractivity contribution in [2.75, 3.05) is 19.0 Å². The summed E-state index contributed by atoms with van der Waals surface area (Å²) in [5, 5.41) is 13.1. The Balaban J connectivity index is 0.00000254. The number of unbranched alkanes of at least 4 members (excludes halogenated alkanes) is 4. The maximum atomic E-state index is 14.8. The van der Waals surface area contributed by atoms with E-state index in [1.54, 1.807) is 19.1 Å². The normalized spacial score (nSPS) is 10.7. The quantitative estimate of drug-likeness (QED) is 0.112. The van der Waals surface area contributed by atoms with Crippen LogP contribution in [-0.2, 0) is 0 Å². The third kappa shape index (κ3) is 12.6. The Morgan fingerprint density at radius 3 is 2.39 bits per heavy atom. The number of hydrogen-bond donors (Lipinski definition) is 4. The fraction of sp³-hybridized carbons (Fsp3) is 0.382. The van der Waals surface area contributed by atoms with Gasteiger partial charge in [-0.25, -0.2) is 8.78 Å².